The van der Waals surface area contributed by atoms with Crippen molar-refractivity contribution in [1.82, 2.24) is 5.32 Å². The van der Waals surface area contributed by atoms with Crippen molar-refractivity contribution >= 4 is 46.9 Å². The monoisotopic (exact) mass is 631 g/mol. The zero-order chi connectivity index (χ0) is 31.9. The van der Waals surface area contributed by atoms with E-state index in [1.807, 2.05) is 62.4 Å². The molecule has 4 amide bonds. The van der Waals surface area contributed by atoms with Crippen LogP contribution in [-0.2, 0) is 9.59 Å². The average Bonchev–Trinajstić information content (AvgIpc) is 3.05. The maximum atomic E-state index is 14.1. The Hall–Kier alpha value is -4.88. The van der Waals surface area contributed by atoms with Crippen molar-refractivity contribution in [3.8, 4) is 5.75 Å². The zero-order valence-electron chi connectivity index (χ0n) is 25.7. The van der Waals surface area contributed by atoms with E-state index in [2.05, 4.69) is 34.5 Å². The first-order chi connectivity index (χ1) is 22.3. The van der Waals surface area contributed by atoms with Crippen molar-refractivity contribution < 1.29 is 19.1 Å². The minimum absolute atomic E-state index is 0.0659. The van der Waals surface area contributed by atoms with E-state index < -0.39 is 17.8 Å². The molecule has 3 aliphatic heterocycles. The summed E-state index contributed by atoms with van der Waals surface area (Å²) in [5.41, 5.74) is 6.56. The molecule has 46 heavy (non-hydrogen) atoms. The fraction of sp³-hybridized carbons (Fsp3) is 0.237. The van der Waals surface area contributed by atoms with Crippen LogP contribution in [-0.4, -0.2) is 37.0 Å². The van der Waals surface area contributed by atoms with Crippen molar-refractivity contribution in [3.63, 3.8) is 0 Å². The molecule has 1 fully saturated rings. The molecular weight excluding hydrogens is 598 g/mol. The van der Waals surface area contributed by atoms with Gasteiger partial charge in [-0.1, -0.05) is 78.3 Å². The topological polar surface area (TPSA) is 79.0 Å². The van der Waals surface area contributed by atoms with Crippen molar-refractivity contribution in [2.75, 3.05) is 22.9 Å². The van der Waals surface area contributed by atoms with Crippen molar-refractivity contribution in [1.29, 1.82) is 0 Å². The predicted octanol–water partition coefficient (Wildman–Crippen LogP) is 7.67. The van der Waals surface area contributed by atoms with Crippen molar-refractivity contribution in [3.05, 3.63) is 129 Å². The number of halogens is 1. The number of imide groups is 2. The van der Waals surface area contributed by atoms with Gasteiger partial charge in [-0.25, -0.2) is 9.69 Å². The van der Waals surface area contributed by atoms with E-state index in [-0.39, 0.29) is 23.5 Å². The van der Waals surface area contributed by atoms with Gasteiger partial charge in [-0.3, -0.25) is 14.9 Å². The fourth-order valence-corrected chi connectivity index (χ4v) is 7.22. The standard InChI is InChI=1S/C38H34ClN3O4/c1-23(2)46-34-14-13-24(20-33(34)39)19-32-36(43)40-38(45)42(37(32)44)27-21-30-28(25-9-5-3-6-10-25)15-17-41-18-16-29(31(22-27)35(30)41)26-11-7-4-8-12-26/h3-14,19-23,28-29H,15-18H2,1-2H3,(H,40,43,45)/b32-19+/t28-,29-/m0/s1. The summed E-state index contributed by atoms with van der Waals surface area (Å²) in [6.45, 7) is 5.65. The third kappa shape index (κ3) is 5.45. The second kappa shape index (κ2) is 12.1. The van der Waals surface area contributed by atoms with Crippen LogP contribution in [0.15, 0.2) is 96.6 Å². The minimum atomic E-state index is -0.769. The molecule has 7 rings (SSSR count). The Balaban J connectivity index is 1.35. The molecule has 0 aliphatic carbocycles. The van der Waals surface area contributed by atoms with Crippen LogP contribution in [0.2, 0.25) is 5.02 Å². The highest BCUT2D eigenvalue weighted by molar-refractivity contribution is 6.39. The highest BCUT2D eigenvalue weighted by Gasteiger charge is 2.40. The molecule has 4 aromatic rings. The summed E-state index contributed by atoms with van der Waals surface area (Å²) < 4.78 is 5.73. The van der Waals surface area contributed by atoms with Crippen LogP contribution < -0.4 is 19.9 Å². The first kappa shape index (κ1) is 29.8. The number of barbiturate groups is 1. The lowest BCUT2D eigenvalue weighted by Crippen LogP contribution is -2.54. The molecule has 0 unspecified atom stereocenters. The van der Waals surface area contributed by atoms with E-state index in [4.69, 9.17) is 16.3 Å². The number of carbonyl (C=O) groups is 3. The number of benzene rings is 4. The molecule has 1 N–H and O–H groups in total. The number of hydrogen-bond donors (Lipinski definition) is 1. The number of ether oxygens (including phenoxy) is 1. The molecule has 7 nitrogen and oxygen atoms in total. The molecule has 2 atom stereocenters. The molecule has 8 heteroatoms. The summed E-state index contributed by atoms with van der Waals surface area (Å²) in [7, 11) is 0. The van der Waals surface area contributed by atoms with Gasteiger partial charge in [0.25, 0.3) is 11.8 Å². The maximum absolute atomic E-state index is 14.1. The number of urea groups is 1. The van der Waals surface area contributed by atoms with E-state index in [1.165, 1.54) is 22.9 Å². The van der Waals surface area contributed by atoms with Gasteiger partial charge in [0.15, 0.2) is 0 Å². The number of anilines is 2. The van der Waals surface area contributed by atoms with Gasteiger partial charge in [-0.05, 0) is 84.8 Å². The highest BCUT2D eigenvalue weighted by Crippen LogP contribution is 2.50. The second-order valence-electron chi connectivity index (χ2n) is 12.3. The molecule has 0 aromatic heterocycles. The Morgan fingerprint density at radius 2 is 1.41 bits per heavy atom. The third-order valence-corrected chi connectivity index (χ3v) is 9.28. The molecule has 1 saturated heterocycles. The largest absolute Gasteiger partial charge is 0.489 e. The van der Waals surface area contributed by atoms with Gasteiger partial charge in [0.05, 0.1) is 16.8 Å². The lowest BCUT2D eigenvalue weighted by atomic mass is 9.76. The number of nitrogens with one attached hydrogen (secondary N) is 1. The van der Waals surface area contributed by atoms with Crippen molar-refractivity contribution in [2.24, 2.45) is 0 Å². The van der Waals surface area contributed by atoms with E-state index in [0.29, 0.717) is 22.0 Å². The predicted molar refractivity (Wildman–Crippen MR) is 181 cm³/mol. The Morgan fingerprint density at radius 3 is 1.96 bits per heavy atom. The molecule has 0 radical (unpaired) electrons. The maximum Gasteiger partial charge on any atom is 0.335 e. The Bertz CT molecular complexity index is 1800. The summed E-state index contributed by atoms with van der Waals surface area (Å²) in [5, 5.41) is 2.76. The second-order valence-corrected chi connectivity index (χ2v) is 12.7. The van der Waals surface area contributed by atoms with E-state index >= 15 is 0 Å². The summed E-state index contributed by atoms with van der Waals surface area (Å²) in [6, 6.07) is 29.0. The first-order valence-electron chi connectivity index (χ1n) is 15.7. The van der Waals surface area contributed by atoms with Gasteiger partial charge in [0, 0.05) is 30.6 Å². The average molecular weight is 632 g/mol. The molecule has 4 aromatic carbocycles. The van der Waals surface area contributed by atoms with Gasteiger partial charge in [0.1, 0.15) is 11.3 Å². The van der Waals surface area contributed by atoms with Gasteiger partial charge >= 0.3 is 6.03 Å². The SMILES string of the molecule is CC(C)Oc1ccc(/C=C2\C(=O)NC(=O)N(c3cc4c5c(c3)[C@H](c3ccccc3)CCN5CC[C@H]4c3ccccc3)C2=O)cc1Cl. The van der Waals surface area contributed by atoms with Crippen LogP contribution in [0.3, 0.4) is 0 Å². The number of nitrogens with zero attached hydrogens (tertiary/aromatic N) is 2. The highest BCUT2D eigenvalue weighted by atomic mass is 35.5. The number of amides is 4. The Kier molecular flexibility index (Phi) is 7.87. The smallest absolute Gasteiger partial charge is 0.335 e. The minimum Gasteiger partial charge on any atom is -0.489 e. The molecule has 3 aliphatic rings. The lowest BCUT2D eigenvalue weighted by Gasteiger charge is -2.44. The van der Waals surface area contributed by atoms with Crippen LogP contribution in [0.5, 0.6) is 5.75 Å². The molecule has 0 saturated carbocycles. The quantitative estimate of drug-likeness (QED) is 0.175. The van der Waals surface area contributed by atoms with Gasteiger partial charge < -0.3 is 9.64 Å². The summed E-state index contributed by atoms with van der Waals surface area (Å²) >= 11 is 6.45. The molecule has 0 bridgehead atoms. The van der Waals surface area contributed by atoms with Gasteiger partial charge in [0.2, 0.25) is 0 Å². The first-order valence-corrected chi connectivity index (χ1v) is 16.1. The number of rotatable bonds is 6. The summed E-state index contributed by atoms with van der Waals surface area (Å²) in [6.07, 6.45) is 3.23. The lowest BCUT2D eigenvalue weighted by molar-refractivity contribution is -0.122. The van der Waals surface area contributed by atoms with Crippen LogP contribution in [0.4, 0.5) is 16.2 Å². The zero-order valence-corrected chi connectivity index (χ0v) is 26.5. The van der Waals surface area contributed by atoms with Crippen molar-refractivity contribution in [2.45, 2.75) is 44.6 Å². The Labute approximate surface area is 273 Å². The molecular formula is C38H34ClN3O4. The molecule has 0 spiro atoms. The number of carbonyl (C=O) groups excluding carboxylic acids is 3. The summed E-state index contributed by atoms with van der Waals surface area (Å²) in [5.74, 6) is -0.744. The summed E-state index contributed by atoms with van der Waals surface area (Å²) in [4.78, 5) is 44.2. The van der Waals surface area contributed by atoms with Crippen LogP contribution >= 0.6 is 11.6 Å². The van der Waals surface area contributed by atoms with E-state index in [9.17, 15) is 14.4 Å². The van der Waals surface area contributed by atoms with Gasteiger partial charge in [-0.15, -0.1) is 0 Å². The third-order valence-electron chi connectivity index (χ3n) is 8.99. The normalized spacial score (nSPS) is 20.2. The van der Waals surface area contributed by atoms with Crippen LogP contribution in [0.1, 0.15) is 66.3 Å². The van der Waals surface area contributed by atoms with Crippen LogP contribution in [0, 0.1) is 0 Å². The molecule has 3 heterocycles. The number of hydrogen-bond acceptors (Lipinski definition) is 5. The fourth-order valence-electron chi connectivity index (χ4n) is 6.98. The van der Waals surface area contributed by atoms with E-state index in [1.54, 1.807) is 18.2 Å². The van der Waals surface area contributed by atoms with E-state index in [0.717, 1.165) is 42.0 Å². The Morgan fingerprint density at radius 1 is 0.826 bits per heavy atom. The van der Waals surface area contributed by atoms with Gasteiger partial charge in [-0.2, -0.15) is 0 Å². The van der Waals surface area contributed by atoms with Crippen LogP contribution in [0.25, 0.3) is 6.08 Å². The molecule has 232 valence electrons.